The first kappa shape index (κ1) is 9.58. The van der Waals surface area contributed by atoms with E-state index in [0.717, 1.165) is 0 Å². The Bertz CT molecular complexity index is 34.5. The molecule has 0 heterocycles. The highest BCUT2D eigenvalue weighted by Crippen LogP contribution is 1.33. The minimum Gasteiger partial charge on any atom is -0.760 e. The highest BCUT2D eigenvalue weighted by atomic mass is 35.5. The number of nitrogens with two attached hydrogens (primary N) is 2. The van der Waals surface area contributed by atoms with Gasteiger partial charge in [0.05, 0.1) is 0 Å². The molecule has 0 aromatic rings. The summed E-state index contributed by atoms with van der Waals surface area (Å²) in [5.41, 5.74) is 0. The van der Waals surface area contributed by atoms with E-state index in [1.54, 1.807) is 0 Å². The summed E-state index contributed by atoms with van der Waals surface area (Å²) in [6, 6.07) is 0. The van der Waals surface area contributed by atoms with Crippen molar-refractivity contribution in [2.75, 3.05) is 0 Å². The van der Waals surface area contributed by atoms with Gasteiger partial charge in [-0.25, -0.2) is 5.25 Å². The van der Waals surface area contributed by atoms with Gasteiger partial charge in [-0.15, -0.1) is 0 Å². The van der Waals surface area contributed by atoms with Crippen molar-refractivity contribution in [2.24, 2.45) is 10.4 Å². The molecule has 0 amide bonds. The van der Waals surface area contributed by atoms with Gasteiger partial charge in [-0.3, -0.25) is 9.35 Å². The Morgan fingerprint density at radius 1 is 1.67 bits per heavy atom. The van der Waals surface area contributed by atoms with Gasteiger partial charge in [0.1, 0.15) is 0 Å². The second-order valence-corrected chi connectivity index (χ2v) is 0.781. The Morgan fingerprint density at radius 3 is 1.67 bits per heavy atom. The lowest BCUT2D eigenvalue weighted by Crippen LogP contribution is -1.97. The van der Waals surface area contributed by atoms with E-state index in [-0.39, 0.29) is 0 Å². The molecule has 6 heteroatoms. The Balaban J connectivity index is 0. The SMILES string of the molecule is NCl.NS(=O)[O-]. The van der Waals surface area contributed by atoms with Crippen LogP contribution in [-0.2, 0) is 11.3 Å². The normalized spacial score (nSPS) is 11.3. The van der Waals surface area contributed by atoms with Crippen molar-refractivity contribution in [2.45, 2.75) is 0 Å². The smallest absolute Gasteiger partial charge is 0.0152 e. The molecule has 0 bridgehead atoms. The van der Waals surface area contributed by atoms with Crippen LogP contribution in [0.3, 0.4) is 0 Å². The van der Waals surface area contributed by atoms with Gasteiger partial charge in [0.2, 0.25) is 0 Å². The van der Waals surface area contributed by atoms with E-state index >= 15 is 0 Å². The molecular weight excluding hydrogens is 128 g/mol. The molecule has 0 fully saturated rings. The molecular formula is H4ClN2O2S-. The van der Waals surface area contributed by atoms with Crippen molar-refractivity contribution in [3.05, 3.63) is 0 Å². The molecule has 0 aliphatic heterocycles. The summed E-state index contributed by atoms with van der Waals surface area (Å²) < 4.78 is 17.6. The van der Waals surface area contributed by atoms with Gasteiger partial charge >= 0.3 is 0 Å². The highest BCUT2D eigenvalue weighted by molar-refractivity contribution is 7.76. The van der Waals surface area contributed by atoms with Crippen molar-refractivity contribution < 1.29 is 8.76 Å². The molecule has 0 rings (SSSR count). The quantitative estimate of drug-likeness (QED) is 0.321. The molecule has 0 aliphatic rings. The van der Waals surface area contributed by atoms with Crippen molar-refractivity contribution in [1.82, 2.24) is 0 Å². The highest BCUT2D eigenvalue weighted by Gasteiger charge is 1.39. The van der Waals surface area contributed by atoms with Crippen LogP contribution in [0.2, 0.25) is 0 Å². The minimum atomic E-state index is -2.36. The van der Waals surface area contributed by atoms with Crippen LogP contribution in [0.4, 0.5) is 0 Å². The summed E-state index contributed by atoms with van der Waals surface area (Å²) >= 11 is 1.78. The third-order valence-electron chi connectivity index (χ3n) is 0. The van der Waals surface area contributed by atoms with E-state index < -0.39 is 11.3 Å². The lowest BCUT2D eigenvalue weighted by molar-refractivity contribution is 0.539. The predicted octanol–water partition coefficient (Wildman–Crippen LogP) is -1.16. The molecule has 6 heavy (non-hydrogen) atoms. The number of hydrogen-bond acceptors (Lipinski definition) is 3. The van der Waals surface area contributed by atoms with Crippen LogP contribution in [0, 0.1) is 0 Å². The number of halogens is 1. The Kier molecular flexibility index (Phi) is 14.4. The Labute approximate surface area is 43.0 Å². The fourth-order valence-electron chi connectivity index (χ4n) is 0. The van der Waals surface area contributed by atoms with Crippen LogP contribution >= 0.6 is 11.8 Å². The van der Waals surface area contributed by atoms with Crippen LogP contribution < -0.4 is 10.4 Å². The van der Waals surface area contributed by atoms with Gasteiger partial charge < -0.3 is 4.55 Å². The van der Waals surface area contributed by atoms with Crippen LogP contribution in [0.5, 0.6) is 0 Å². The van der Waals surface area contributed by atoms with Crippen LogP contribution in [0.1, 0.15) is 0 Å². The molecule has 0 aromatic heterocycles. The lowest BCUT2D eigenvalue weighted by atomic mass is 13.9. The minimum absolute atomic E-state index is 2.36. The average molecular weight is 132 g/mol. The fraction of sp³-hybridized carbons (Fsp3) is 0. The van der Waals surface area contributed by atoms with Crippen LogP contribution in [0.25, 0.3) is 0 Å². The standard InChI is InChI=1S/ClH2N.H3NO2S/c1-2;1-4(2)3/h2H2;1H2,(H,2,3)/p-1. The molecule has 0 saturated heterocycles. The monoisotopic (exact) mass is 131 g/mol. The molecule has 4 nitrogen and oxygen atoms in total. The van der Waals surface area contributed by atoms with E-state index in [9.17, 15) is 0 Å². The van der Waals surface area contributed by atoms with E-state index in [1.165, 1.54) is 0 Å². The summed E-state index contributed by atoms with van der Waals surface area (Å²) in [4.78, 5) is 0. The number of hydrogen-bond donors (Lipinski definition) is 2. The first-order valence-corrected chi connectivity index (χ1v) is 2.36. The number of rotatable bonds is 0. The molecule has 0 radical (unpaired) electrons. The Morgan fingerprint density at radius 2 is 1.67 bits per heavy atom. The van der Waals surface area contributed by atoms with Gasteiger partial charge in [0.15, 0.2) is 0 Å². The van der Waals surface area contributed by atoms with Crippen molar-refractivity contribution in [1.29, 1.82) is 0 Å². The lowest BCUT2D eigenvalue weighted by Gasteiger charge is -1.85. The molecule has 0 aromatic carbocycles. The van der Waals surface area contributed by atoms with Gasteiger partial charge in [-0.2, -0.15) is 0 Å². The maximum Gasteiger partial charge on any atom is 0.0152 e. The summed E-state index contributed by atoms with van der Waals surface area (Å²) in [5, 5.41) is 8.00. The van der Waals surface area contributed by atoms with Crippen LogP contribution in [0.15, 0.2) is 0 Å². The van der Waals surface area contributed by atoms with Crippen molar-refractivity contribution in [3.8, 4) is 0 Å². The molecule has 0 saturated carbocycles. The molecule has 1 atom stereocenters. The Hall–Kier alpha value is 0.320. The van der Waals surface area contributed by atoms with E-state index in [2.05, 4.69) is 22.2 Å². The summed E-state index contributed by atoms with van der Waals surface area (Å²) in [6.07, 6.45) is 0. The van der Waals surface area contributed by atoms with E-state index in [0.29, 0.717) is 0 Å². The third kappa shape index (κ3) is 465. The summed E-state index contributed by atoms with van der Waals surface area (Å²) in [6.45, 7) is 0. The van der Waals surface area contributed by atoms with Crippen molar-refractivity contribution in [3.63, 3.8) is 0 Å². The maximum absolute atomic E-state index is 8.78. The zero-order chi connectivity index (χ0) is 5.58. The van der Waals surface area contributed by atoms with E-state index in [1.807, 2.05) is 0 Å². The van der Waals surface area contributed by atoms with Gasteiger partial charge in [-0.1, -0.05) is 0 Å². The zero-order valence-corrected chi connectivity index (χ0v) is 4.33. The van der Waals surface area contributed by atoms with Crippen molar-refractivity contribution >= 4 is 23.0 Å². The van der Waals surface area contributed by atoms with Gasteiger partial charge in [0, 0.05) is 11.3 Å². The summed E-state index contributed by atoms with van der Waals surface area (Å²) in [5.74, 6) is 0. The largest absolute Gasteiger partial charge is 0.760 e. The topological polar surface area (TPSA) is 92.2 Å². The first-order valence-electron chi connectivity index (χ1n) is 0.787. The van der Waals surface area contributed by atoms with Gasteiger partial charge in [-0.05, 0) is 11.8 Å². The molecule has 0 aliphatic carbocycles. The van der Waals surface area contributed by atoms with Gasteiger partial charge in [0.25, 0.3) is 0 Å². The molecule has 0 spiro atoms. The molecule has 4 N–H and O–H groups in total. The third-order valence-corrected chi connectivity index (χ3v) is 0. The summed E-state index contributed by atoms with van der Waals surface area (Å²) in [7, 11) is 0. The molecule has 40 valence electrons. The second-order valence-electron chi connectivity index (χ2n) is 0.260. The zero-order valence-electron chi connectivity index (χ0n) is 2.76. The fourth-order valence-corrected chi connectivity index (χ4v) is 0. The predicted molar refractivity (Wildman–Crippen MR) is 23.1 cm³/mol. The second kappa shape index (κ2) is 9.01. The van der Waals surface area contributed by atoms with Crippen LogP contribution in [-0.4, -0.2) is 8.76 Å². The van der Waals surface area contributed by atoms with E-state index in [4.69, 9.17) is 8.76 Å². The average Bonchev–Trinajstić information content (AvgIpc) is 1.41. The molecule has 1 unspecified atom stereocenters. The maximum atomic E-state index is 8.78. The first-order chi connectivity index (χ1) is 2.73.